The second-order valence-electron chi connectivity index (χ2n) is 3.82. The minimum absolute atomic E-state index is 0.131. The van der Waals surface area contributed by atoms with Crippen LogP contribution in [0.1, 0.15) is 10.4 Å². The van der Waals surface area contributed by atoms with Gasteiger partial charge < -0.3 is 14.8 Å². The molecule has 0 saturated carbocycles. The van der Waals surface area contributed by atoms with Crippen LogP contribution in [-0.2, 0) is 9.53 Å². The lowest BCUT2D eigenvalue weighted by molar-refractivity contribution is -0.140. The molecule has 1 aromatic carbocycles. The van der Waals surface area contributed by atoms with Gasteiger partial charge in [-0.3, -0.25) is 4.79 Å². The van der Waals surface area contributed by atoms with Gasteiger partial charge in [-0.2, -0.15) is 13.2 Å². The van der Waals surface area contributed by atoms with Crippen LogP contribution in [-0.4, -0.2) is 38.3 Å². The Labute approximate surface area is 126 Å². The Bertz CT molecular complexity index is 534. The number of rotatable bonds is 5. The standard InChI is InChI=1S/C12H11BrF3NO4/c1-20-9-3-2-7(4-8(9)13)11(19)21-5-10(18)17-6-12(14,15)16/h2-4H,5-6H2,1H3,(H,17,18). The summed E-state index contributed by atoms with van der Waals surface area (Å²) in [4.78, 5) is 22.7. The van der Waals surface area contributed by atoms with Gasteiger partial charge in [0, 0.05) is 0 Å². The Morgan fingerprint density at radius 2 is 2.00 bits per heavy atom. The maximum absolute atomic E-state index is 11.9. The summed E-state index contributed by atoms with van der Waals surface area (Å²) < 4.78 is 45.6. The van der Waals surface area contributed by atoms with Gasteiger partial charge in [0.25, 0.3) is 5.91 Å². The van der Waals surface area contributed by atoms with E-state index in [0.717, 1.165) is 0 Å². The van der Waals surface area contributed by atoms with E-state index in [0.29, 0.717) is 10.2 Å². The highest BCUT2D eigenvalue weighted by Crippen LogP contribution is 2.25. The third-order valence-electron chi connectivity index (χ3n) is 2.21. The van der Waals surface area contributed by atoms with Crippen molar-refractivity contribution >= 4 is 27.8 Å². The number of amides is 1. The molecule has 0 atom stereocenters. The summed E-state index contributed by atoms with van der Waals surface area (Å²) in [7, 11) is 1.45. The average molecular weight is 370 g/mol. The number of methoxy groups -OCH3 is 1. The first-order chi connectivity index (χ1) is 9.73. The van der Waals surface area contributed by atoms with Crippen LogP contribution in [0.25, 0.3) is 0 Å². The molecule has 0 fully saturated rings. The van der Waals surface area contributed by atoms with Gasteiger partial charge in [-0.25, -0.2) is 4.79 Å². The van der Waals surface area contributed by atoms with Crippen molar-refractivity contribution in [1.82, 2.24) is 5.32 Å². The smallest absolute Gasteiger partial charge is 0.405 e. The topological polar surface area (TPSA) is 64.6 Å². The maximum atomic E-state index is 11.9. The molecule has 9 heteroatoms. The number of ether oxygens (including phenoxy) is 2. The molecule has 0 unspecified atom stereocenters. The monoisotopic (exact) mass is 369 g/mol. The molecule has 0 radical (unpaired) electrons. The third-order valence-corrected chi connectivity index (χ3v) is 2.83. The number of halogens is 4. The van der Waals surface area contributed by atoms with E-state index < -0.39 is 31.2 Å². The number of nitrogens with one attached hydrogen (secondary N) is 1. The van der Waals surface area contributed by atoms with Crippen molar-refractivity contribution < 1.29 is 32.2 Å². The van der Waals surface area contributed by atoms with E-state index in [1.54, 1.807) is 5.32 Å². The SMILES string of the molecule is COc1ccc(C(=O)OCC(=O)NCC(F)(F)F)cc1Br. The lowest BCUT2D eigenvalue weighted by Crippen LogP contribution is -2.36. The molecule has 0 bridgehead atoms. The molecule has 0 aliphatic rings. The van der Waals surface area contributed by atoms with Crippen molar-refractivity contribution in [3.8, 4) is 5.75 Å². The minimum Gasteiger partial charge on any atom is -0.496 e. The molecule has 21 heavy (non-hydrogen) atoms. The fourth-order valence-corrected chi connectivity index (χ4v) is 1.80. The van der Waals surface area contributed by atoms with Gasteiger partial charge in [0.1, 0.15) is 12.3 Å². The summed E-state index contributed by atoms with van der Waals surface area (Å²) in [5, 5.41) is 1.59. The molecule has 5 nitrogen and oxygen atoms in total. The second-order valence-corrected chi connectivity index (χ2v) is 4.67. The zero-order chi connectivity index (χ0) is 16.0. The molecular formula is C12H11BrF3NO4. The molecule has 0 aliphatic heterocycles. The van der Waals surface area contributed by atoms with Crippen molar-refractivity contribution in [2.75, 3.05) is 20.3 Å². The van der Waals surface area contributed by atoms with Crippen LogP contribution in [0.2, 0.25) is 0 Å². The summed E-state index contributed by atoms with van der Waals surface area (Å²) in [5.41, 5.74) is 0.131. The molecule has 116 valence electrons. The highest BCUT2D eigenvalue weighted by Gasteiger charge is 2.27. The largest absolute Gasteiger partial charge is 0.496 e. The zero-order valence-corrected chi connectivity index (χ0v) is 12.4. The Morgan fingerprint density at radius 3 is 2.52 bits per heavy atom. The lowest BCUT2D eigenvalue weighted by Gasteiger charge is -2.09. The van der Waals surface area contributed by atoms with Gasteiger partial charge >= 0.3 is 12.1 Å². The highest BCUT2D eigenvalue weighted by molar-refractivity contribution is 9.10. The first-order valence-electron chi connectivity index (χ1n) is 5.57. The van der Waals surface area contributed by atoms with Crippen LogP contribution < -0.4 is 10.1 Å². The molecule has 0 aromatic heterocycles. The number of hydrogen-bond acceptors (Lipinski definition) is 4. The Kier molecular flexibility index (Phi) is 6.01. The molecule has 1 rings (SSSR count). The van der Waals surface area contributed by atoms with Crippen LogP contribution in [0.5, 0.6) is 5.75 Å². The van der Waals surface area contributed by atoms with Crippen LogP contribution in [0.15, 0.2) is 22.7 Å². The molecular weight excluding hydrogens is 359 g/mol. The summed E-state index contributed by atoms with van der Waals surface area (Å²) in [6.07, 6.45) is -4.51. The highest BCUT2D eigenvalue weighted by atomic mass is 79.9. The third kappa shape index (κ3) is 6.03. The first-order valence-corrected chi connectivity index (χ1v) is 6.36. The van der Waals surface area contributed by atoms with Gasteiger partial charge in [0.05, 0.1) is 17.1 Å². The van der Waals surface area contributed by atoms with E-state index in [-0.39, 0.29) is 5.56 Å². The Hall–Kier alpha value is -1.77. The quantitative estimate of drug-likeness (QED) is 0.808. The molecule has 0 aliphatic carbocycles. The molecule has 0 saturated heterocycles. The number of esters is 1. The van der Waals surface area contributed by atoms with E-state index in [2.05, 4.69) is 20.7 Å². The molecule has 1 N–H and O–H groups in total. The number of carbonyl (C=O) groups excluding carboxylic acids is 2. The van der Waals surface area contributed by atoms with Crippen molar-refractivity contribution in [1.29, 1.82) is 0 Å². The number of benzene rings is 1. The summed E-state index contributed by atoms with van der Waals surface area (Å²) in [6.45, 7) is -2.27. The van der Waals surface area contributed by atoms with Gasteiger partial charge in [-0.15, -0.1) is 0 Å². The number of alkyl halides is 3. The van der Waals surface area contributed by atoms with Gasteiger partial charge in [0.2, 0.25) is 0 Å². The Balaban J connectivity index is 2.50. The van der Waals surface area contributed by atoms with E-state index >= 15 is 0 Å². The fraction of sp³-hybridized carbons (Fsp3) is 0.333. The van der Waals surface area contributed by atoms with Gasteiger partial charge in [-0.05, 0) is 34.1 Å². The maximum Gasteiger partial charge on any atom is 0.405 e. The minimum atomic E-state index is -4.51. The van der Waals surface area contributed by atoms with Crippen LogP contribution >= 0.6 is 15.9 Å². The summed E-state index contributed by atoms with van der Waals surface area (Å²) in [5.74, 6) is -1.37. The fourth-order valence-electron chi connectivity index (χ4n) is 1.26. The number of hydrogen-bond donors (Lipinski definition) is 1. The average Bonchev–Trinajstić information content (AvgIpc) is 2.41. The molecule has 1 aromatic rings. The lowest BCUT2D eigenvalue weighted by atomic mass is 10.2. The van der Waals surface area contributed by atoms with E-state index in [9.17, 15) is 22.8 Å². The van der Waals surface area contributed by atoms with Gasteiger partial charge in [0.15, 0.2) is 6.61 Å². The second kappa shape index (κ2) is 7.30. The van der Waals surface area contributed by atoms with Crippen molar-refractivity contribution in [2.45, 2.75) is 6.18 Å². The molecule has 0 spiro atoms. The normalized spacial score (nSPS) is 10.9. The first kappa shape index (κ1) is 17.3. The Morgan fingerprint density at radius 1 is 1.33 bits per heavy atom. The number of carbonyl (C=O) groups is 2. The van der Waals surface area contributed by atoms with Crippen molar-refractivity contribution in [3.63, 3.8) is 0 Å². The van der Waals surface area contributed by atoms with Crippen LogP contribution in [0, 0.1) is 0 Å². The summed E-state index contributed by atoms with van der Waals surface area (Å²) >= 11 is 3.17. The van der Waals surface area contributed by atoms with E-state index in [1.807, 2.05) is 0 Å². The van der Waals surface area contributed by atoms with E-state index in [4.69, 9.17) is 4.74 Å². The zero-order valence-electron chi connectivity index (χ0n) is 10.8. The predicted molar refractivity (Wildman–Crippen MR) is 70.0 cm³/mol. The molecule has 0 heterocycles. The predicted octanol–water partition coefficient (Wildman–Crippen LogP) is 2.29. The van der Waals surface area contributed by atoms with Crippen molar-refractivity contribution in [3.05, 3.63) is 28.2 Å². The van der Waals surface area contributed by atoms with Crippen LogP contribution in [0.4, 0.5) is 13.2 Å². The van der Waals surface area contributed by atoms with E-state index in [1.165, 1.54) is 25.3 Å². The molecule has 1 amide bonds. The van der Waals surface area contributed by atoms with Gasteiger partial charge in [-0.1, -0.05) is 0 Å². The summed E-state index contributed by atoms with van der Waals surface area (Å²) in [6, 6.07) is 4.32. The van der Waals surface area contributed by atoms with Crippen LogP contribution in [0.3, 0.4) is 0 Å². The van der Waals surface area contributed by atoms with Crippen molar-refractivity contribution in [2.24, 2.45) is 0 Å².